The molecule has 1 unspecified atom stereocenters. The number of rotatable bonds is 8. The molecule has 0 aromatic carbocycles. The molecule has 0 rings (SSSR count). The Morgan fingerprint density at radius 3 is 2.67 bits per heavy atom. The maximum Gasteiger partial charge on any atom is 0.220 e. The largest absolute Gasteiger partial charge is 0.388 e. The van der Waals surface area contributed by atoms with Gasteiger partial charge in [-0.05, 0) is 26.2 Å². The van der Waals surface area contributed by atoms with Crippen molar-refractivity contribution in [1.82, 2.24) is 5.32 Å². The third-order valence-electron chi connectivity index (χ3n) is 2.24. The van der Waals surface area contributed by atoms with Gasteiger partial charge in [0.1, 0.15) is 0 Å². The molecule has 0 aliphatic carbocycles. The van der Waals surface area contributed by atoms with Crippen LogP contribution < -0.4 is 5.32 Å². The Morgan fingerprint density at radius 2 is 2.13 bits per heavy atom. The quantitative estimate of drug-likeness (QED) is 0.500. The van der Waals surface area contributed by atoms with Crippen LogP contribution in [0.15, 0.2) is 0 Å². The van der Waals surface area contributed by atoms with E-state index >= 15 is 0 Å². The Morgan fingerprint density at radius 1 is 1.47 bits per heavy atom. The topological polar surface area (TPSA) is 49.3 Å². The first-order valence-electron chi connectivity index (χ1n) is 5.57. The van der Waals surface area contributed by atoms with Gasteiger partial charge in [-0.1, -0.05) is 13.3 Å². The van der Waals surface area contributed by atoms with E-state index in [9.17, 15) is 9.90 Å². The molecular weight excluding hydrogens is 214 g/mol. The Kier molecular flexibility index (Phi) is 7.79. The second-order valence-electron chi connectivity index (χ2n) is 4.17. The Hall–Kier alpha value is -0.280. The van der Waals surface area contributed by atoms with Crippen LogP contribution >= 0.6 is 11.6 Å². The SMILES string of the molecule is CCCC(C)(O)CNC(=O)CCCCCl. The summed E-state index contributed by atoms with van der Waals surface area (Å²) in [5.74, 6) is 0.595. The number of unbranched alkanes of at least 4 members (excludes halogenated alkanes) is 1. The van der Waals surface area contributed by atoms with Gasteiger partial charge in [0.25, 0.3) is 0 Å². The van der Waals surface area contributed by atoms with Crippen molar-refractivity contribution < 1.29 is 9.90 Å². The van der Waals surface area contributed by atoms with Crippen molar-refractivity contribution in [3.05, 3.63) is 0 Å². The van der Waals surface area contributed by atoms with Gasteiger partial charge in [-0.3, -0.25) is 4.79 Å². The Bertz CT molecular complexity index is 183. The van der Waals surface area contributed by atoms with E-state index in [4.69, 9.17) is 11.6 Å². The van der Waals surface area contributed by atoms with Crippen LogP contribution in [-0.2, 0) is 4.79 Å². The number of halogens is 1. The number of hydrogen-bond acceptors (Lipinski definition) is 2. The van der Waals surface area contributed by atoms with Gasteiger partial charge in [0, 0.05) is 18.8 Å². The Labute approximate surface area is 97.2 Å². The van der Waals surface area contributed by atoms with Crippen LogP contribution in [0.25, 0.3) is 0 Å². The van der Waals surface area contributed by atoms with Crippen LogP contribution in [0, 0.1) is 0 Å². The molecule has 0 saturated heterocycles. The van der Waals surface area contributed by atoms with E-state index in [0.717, 1.165) is 19.3 Å². The van der Waals surface area contributed by atoms with Gasteiger partial charge in [0.2, 0.25) is 5.91 Å². The fraction of sp³-hybridized carbons (Fsp3) is 0.909. The van der Waals surface area contributed by atoms with Crippen molar-refractivity contribution in [2.45, 2.75) is 51.6 Å². The van der Waals surface area contributed by atoms with E-state index in [-0.39, 0.29) is 5.91 Å². The number of nitrogens with one attached hydrogen (secondary N) is 1. The lowest BCUT2D eigenvalue weighted by atomic mass is 10.0. The van der Waals surface area contributed by atoms with Crippen molar-refractivity contribution in [3.8, 4) is 0 Å². The van der Waals surface area contributed by atoms with Crippen LogP contribution in [0.1, 0.15) is 46.0 Å². The minimum absolute atomic E-state index is 0.00325. The molecule has 3 nitrogen and oxygen atoms in total. The predicted octanol–water partition coefficient (Wildman–Crippen LogP) is 2.06. The van der Waals surface area contributed by atoms with Crippen LogP contribution in [0.5, 0.6) is 0 Å². The minimum atomic E-state index is -0.781. The lowest BCUT2D eigenvalue weighted by Gasteiger charge is -2.22. The van der Waals surface area contributed by atoms with Crippen LogP contribution in [-0.4, -0.2) is 29.0 Å². The van der Waals surface area contributed by atoms with E-state index < -0.39 is 5.60 Å². The average molecular weight is 236 g/mol. The third-order valence-corrected chi connectivity index (χ3v) is 2.51. The highest BCUT2D eigenvalue weighted by Gasteiger charge is 2.19. The maximum atomic E-state index is 11.3. The number of aliphatic hydroxyl groups is 1. The van der Waals surface area contributed by atoms with E-state index in [1.807, 2.05) is 6.92 Å². The number of alkyl halides is 1. The lowest BCUT2D eigenvalue weighted by molar-refractivity contribution is -0.122. The highest BCUT2D eigenvalue weighted by atomic mass is 35.5. The summed E-state index contributed by atoms with van der Waals surface area (Å²) in [4.78, 5) is 11.3. The molecule has 1 amide bonds. The predicted molar refractivity (Wildman–Crippen MR) is 63.1 cm³/mol. The summed E-state index contributed by atoms with van der Waals surface area (Å²) in [6, 6.07) is 0. The fourth-order valence-electron chi connectivity index (χ4n) is 1.38. The summed E-state index contributed by atoms with van der Waals surface area (Å²) in [5.41, 5.74) is -0.781. The first kappa shape index (κ1) is 14.7. The van der Waals surface area contributed by atoms with Gasteiger partial charge in [0.05, 0.1) is 5.60 Å². The normalized spacial score (nSPS) is 14.7. The van der Waals surface area contributed by atoms with Gasteiger partial charge in [-0.2, -0.15) is 0 Å². The van der Waals surface area contributed by atoms with Crippen molar-refractivity contribution in [1.29, 1.82) is 0 Å². The molecule has 4 heteroatoms. The molecule has 2 N–H and O–H groups in total. The number of hydrogen-bond donors (Lipinski definition) is 2. The van der Waals surface area contributed by atoms with Crippen molar-refractivity contribution in [2.24, 2.45) is 0 Å². The molecule has 90 valence electrons. The van der Waals surface area contributed by atoms with Crippen molar-refractivity contribution in [3.63, 3.8) is 0 Å². The molecule has 0 heterocycles. The molecule has 0 spiro atoms. The van der Waals surface area contributed by atoms with Crippen molar-refractivity contribution >= 4 is 17.5 Å². The number of carbonyl (C=O) groups is 1. The summed E-state index contributed by atoms with van der Waals surface area (Å²) in [6.07, 6.45) is 3.78. The molecular formula is C11H22ClNO2. The summed E-state index contributed by atoms with van der Waals surface area (Å²) in [6.45, 7) is 4.09. The lowest BCUT2D eigenvalue weighted by Crippen LogP contribution is -2.40. The summed E-state index contributed by atoms with van der Waals surface area (Å²) in [7, 11) is 0. The molecule has 0 saturated carbocycles. The maximum absolute atomic E-state index is 11.3. The van der Waals surface area contributed by atoms with Gasteiger partial charge in [-0.25, -0.2) is 0 Å². The molecule has 0 bridgehead atoms. The standard InChI is InChI=1S/C11H22ClNO2/c1-3-7-11(2,15)9-13-10(14)6-4-5-8-12/h15H,3-9H2,1-2H3,(H,13,14). The first-order valence-corrected chi connectivity index (χ1v) is 6.10. The zero-order valence-electron chi connectivity index (χ0n) is 9.68. The number of carbonyl (C=O) groups excluding carboxylic acids is 1. The second kappa shape index (κ2) is 7.94. The van der Waals surface area contributed by atoms with Crippen LogP contribution in [0.3, 0.4) is 0 Å². The Balaban J connectivity index is 3.60. The monoisotopic (exact) mass is 235 g/mol. The van der Waals surface area contributed by atoms with E-state index in [2.05, 4.69) is 5.32 Å². The van der Waals surface area contributed by atoms with E-state index in [0.29, 0.717) is 25.3 Å². The van der Waals surface area contributed by atoms with Gasteiger partial charge in [0.15, 0.2) is 0 Å². The van der Waals surface area contributed by atoms with Crippen LogP contribution in [0.2, 0.25) is 0 Å². The smallest absolute Gasteiger partial charge is 0.220 e. The first-order chi connectivity index (χ1) is 7.02. The van der Waals surface area contributed by atoms with Crippen molar-refractivity contribution in [2.75, 3.05) is 12.4 Å². The van der Waals surface area contributed by atoms with Gasteiger partial charge in [-0.15, -0.1) is 11.6 Å². The summed E-state index contributed by atoms with van der Waals surface area (Å²) < 4.78 is 0. The molecule has 1 atom stereocenters. The average Bonchev–Trinajstić information content (AvgIpc) is 2.15. The zero-order chi connectivity index (χ0) is 11.7. The minimum Gasteiger partial charge on any atom is -0.388 e. The third kappa shape index (κ3) is 8.70. The molecule has 0 aliphatic heterocycles. The molecule has 0 aliphatic rings. The van der Waals surface area contributed by atoms with E-state index in [1.165, 1.54) is 0 Å². The molecule has 0 fully saturated rings. The van der Waals surface area contributed by atoms with E-state index in [1.54, 1.807) is 6.92 Å². The fourth-order valence-corrected chi connectivity index (χ4v) is 1.57. The molecule has 0 radical (unpaired) electrons. The zero-order valence-corrected chi connectivity index (χ0v) is 10.4. The van der Waals surface area contributed by atoms with Crippen LogP contribution in [0.4, 0.5) is 0 Å². The second-order valence-corrected chi connectivity index (χ2v) is 4.55. The highest BCUT2D eigenvalue weighted by Crippen LogP contribution is 2.10. The van der Waals surface area contributed by atoms with Gasteiger partial charge >= 0.3 is 0 Å². The molecule has 0 aromatic heterocycles. The summed E-state index contributed by atoms with van der Waals surface area (Å²) in [5, 5.41) is 12.5. The molecule has 15 heavy (non-hydrogen) atoms. The summed E-state index contributed by atoms with van der Waals surface area (Å²) >= 11 is 5.50. The van der Waals surface area contributed by atoms with Gasteiger partial charge < -0.3 is 10.4 Å². The highest BCUT2D eigenvalue weighted by molar-refractivity contribution is 6.17. The number of amides is 1. The molecule has 0 aromatic rings.